The summed E-state index contributed by atoms with van der Waals surface area (Å²) >= 11 is 0. The van der Waals surface area contributed by atoms with E-state index in [1.165, 1.54) is 19.3 Å². The summed E-state index contributed by atoms with van der Waals surface area (Å²) in [5.41, 5.74) is 0. The Morgan fingerprint density at radius 2 is 0.358 bits per heavy atom. The molecule has 0 aliphatic carbocycles. The molecule has 0 aliphatic rings. The summed E-state index contributed by atoms with van der Waals surface area (Å²) in [5, 5.41) is 0.169. The van der Waals surface area contributed by atoms with Gasteiger partial charge in [-0.1, -0.05) is 0 Å². The SMILES string of the molecule is B#P(B=BB=BB=BB=BB=BB=BB=BB=BB=BB=BB=BB=BB=BB=BB=BB=BB=BB=BB=BB=BB=BB=BB=BB=BB=BB=BB=BB=BB=BB=BB=BB=BB=BB=BB=BB=BB=BB=BB=BB=B)C(C)(CC(C)C)CC(C)CC(C)C. The van der Waals surface area contributed by atoms with E-state index in [9.17, 15) is 0 Å². The van der Waals surface area contributed by atoms with Gasteiger partial charge in [-0.25, -0.2) is 0 Å². The topological polar surface area (TPSA) is 0 Å². The Morgan fingerprint density at radius 3 is 0.484 bits per heavy atom. The first-order chi connectivity index (χ1) is 46.7. The molecule has 0 rings (SSSR count). The van der Waals surface area contributed by atoms with E-state index in [0.29, 0.717) is 11.8 Å². The van der Waals surface area contributed by atoms with E-state index in [1.807, 2.05) is 495 Å². The molecule has 82 heteroatoms. The van der Waals surface area contributed by atoms with Gasteiger partial charge in [0.2, 0.25) is 0 Å². The van der Waals surface area contributed by atoms with Gasteiger partial charge in [0.1, 0.15) is 0 Å². The van der Waals surface area contributed by atoms with Crippen molar-refractivity contribution in [3.05, 3.63) is 0 Å². The van der Waals surface area contributed by atoms with Gasteiger partial charge < -0.3 is 0 Å². The fourth-order valence-corrected chi connectivity index (χ4v) is 9.77. The van der Waals surface area contributed by atoms with Gasteiger partial charge in [0.05, 0.1) is 0 Å². The molecule has 0 spiro atoms. The Kier molecular flexibility index (Phi) is 91.9. The van der Waals surface area contributed by atoms with Crippen LogP contribution < -0.4 is 0 Å². The monoisotopic (exact) mass is 1110 g/mol. The van der Waals surface area contributed by atoms with Crippen LogP contribution in [-0.2, 0) is 0 Å². The van der Waals surface area contributed by atoms with Crippen molar-refractivity contribution in [2.24, 2.45) is 17.8 Å². The van der Waals surface area contributed by atoms with E-state index < -0.39 is 7.12 Å². The molecule has 0 aromatic carbocycles. The molecule has 0 heterocycles. The van der Waals surface area contributed by atoms with Crippen molar-refractivity contribution in [2.45, 2.75) is 66.0 Å². The Hall–Kier alpha value is 5.56. The quantitative estimate of drug-likeness (QED) is 0.0421. The van der Waals surface area contributed by atoms with Gasteiger partial charge in [-0.3, -0.25) is 0 Å². The van der Waals surface area contributed by atoms with Crippen LogP contribution in [0.2, 0.25) is 0 Å². The number of hydrogen-bond donors (Lipinski definition) is 0. The third-order valence-corrected chi connectivity index (χ3v) is 14.1. The van der Waals surface area contributed by atoms with E-state index in [2.05, 4.69) is 75.5 Å². The molecule has 0 fully saturated rings. The van der Waals surface area contributed by atoms with Crippen LogP contribution >= 0.6 is 7.12 Å². The van der Waals surface area contributed by atoms with Crippen LogP contribution in [0.25, 0.3) is 0 Å². The second-order valence-electron chi connectivity index (χ2n) is 21.6. The van der Waals surface area contributed by atoms with Gasteiger partial charge >= 0.3 is 634 Å². The van der Waals surface area contributed by atoms with Gasteiger partial charge in [-0.05, 0) is 0 Å². The molecule has 0 saturated carbocycles. The Bertz CT molecular complexity index is 3420. The van der Waals surface area contributed by atoms with Crippen molar-refractivity contribution in [1.29, 1.82) is 0 Å². The average molecular weight is 1090 g/mol. The Labute approximate surface area is 627 Å². The Morgan fingerprint density at radius 1 is 0.221 bits per heavy atom. The Balaban J connectivity index is 4.20. The molecule has 0 radical (unpaired) electrons. The fraction of sp³-hybridized carbons (Fsp3) is 1.00. The van der Waals surface area contributed by atoms with Crippen LogP contribution in [0.4, 0.5) is 0 Å². The van der Waals surface area contributed by atoms with Crippen LogP contribution in [-0.4, -0.2) is 548 Å². The van der Waals surface area contributed by atoms with Crippen LogP contribution in [0.5, 0.6) is 0 Å². The fourth-order valence-electron chi connectivity index (χ4n) is 8.02. The van der Waals surface area contributed by atoms with E-state index in [-0.39, 0.29) is 5.16 Å². The zero-order valence-electron chi connectivity index (χ0n) is 57.7. The van der Waals surface area contributed by atoms with Crippen molar-refractivity contribution in [2.75, 3.05) is 0 Å². The molecule has 0 aromatic rings. The molecule has 0 bridgehead atoms. The maximum atomic E-state index is 6.81. The van der Waals surface area contributed by atoms with E-state index in [1.54, 1.807) is 6.69 Å². The van der Waals surface area contributed by atoms with Crippen LogP contribution in [0, 0.1) is 17.8 Å². The zero-order chi connectivity index (χ0) is 68.8. The summed E-state index contributed by atoms with van der Waals surface area (Å²) in [6.07, 6.45) is 3.62. The molecular formula is C13H28B81P. The summed E-state index contributed by atoms with van der Waals surface area (Å²) in [4.78, 5) is 0. The van der Waals surface area contributed by atoms with Crippen molar-refractivity contribution in [3.8, 4) is 0 Å². The molecular weight excluding hydrogens is 1060 g/mol. The van der Waals surface area contributed by atoms with Crippen LogP contribution in [0.15, 0.2) is 0 Å². The van der Waals surface area contributed by atoms with Gasteiger partial charge in [0.15, 0.2) is 0 Å². The normalized spacial score (nSPS) is 9.76. The molecule has 0 nitrogen and oxygen atoms in total. The van der Waals surface area contributed by atoms with Crippen molar-refractivity contribution in [3.63, 3.8) is 0 Å². The van der Waals surface area contributed by atoms with Crippen molar-refractivity contribution < 1.29 is 0 Å². The standard InChI is InChI=1S/C13H28B81P/c1-10(2)7-12(5)9-13(6,8-11(3)4)95(15)94-93-92-91-90-89-88-87-86-85-84-83-82-81-80-79-78-77-76-75-74-73-72-71-70-69-68-67-66-65-64-63-62-61-60-59-58-57-56-55-54-53-52-51-50-49-48-47-46-45-44-43-42-41-40-39-38-37-36-35-34-33-32-31-30-29-28-27-26-25-24-23-22-21-20-19-18-17-16-14/h10-12,14H,7-9H2,1-6H3. The summed E-state index contributed by atoms with van der Waals surface area (Å²) in [6, 6.07) is 0. The van der Waals surface area contributed by atoms with E-state index in [4.69, 9.17) is 7.01 Å². The summed E-state index contributed by atoms with van der Waals surface area (Å²) in [5.74, 6) is 2.05. The maximum absolute atomic E-state index is 6.81. The molecule has 328 valence electrons. The minimum atomic E-state index is -0.690. The number of hydrogen-bond acceptors (Lipinski definition) is 0. The molecule has 0 N–H and O–H groups in total. The molecule has 0 aliphatic heterocycles. The second-order valence-corrected chi connectivity index (χ2v) is 23.8. The minimum absolute atomic E-state index is 0.169. The molecule has 3 unspecified atom stereocenters. The van der Waals surface area contributed by atoms with Crippen LogP contribution in [0.3, 0.4) is 0 Å². The predicted molar refractivity (Wildman–Crippen MR) is 535 cm³/mol. The zero-order valence-corrected chi connectivity index (χ0v) is 58.6. The average Bonchev–Trinajstić information content (AvgIpc) is 0.898. The first-order valence-corrected chi connectivity index (χ1v) is 34.4. The molecule has 0 saturated heterocycles. The summed E-state index contributed by atoms with van der Waals surface area (Å²) in [6.45, 7) is 172. The van der Waals surface area contributed by atoms with Gasteiger partial charge in [-0.2, -0.15) is 0 Å². The van der Waals surface area contributed by atoms with E-state index in [0.717, 1.165) is 5.92 Å². The number of rotatable bonds is 45. The molecule has 0 aromatic heterocycles. The first-order valence-electron chi connectivity index (χ1n) is 32.9. The molecule has 95 heavy (non-hydrogen) atoms. The summed E-state index contributed by atoms with van der Waals surface area (Å²) < 4.78 is 0. The summed E-state index contributed by atoms with van der Waals surface area (Å²) in [7, 11) is 9.75. The second kappa shape index (κ2) is 86.8. The predicted octanol–water partition coefficient (Wildman–Crippen LogP) is -25.8. The molecule has 0 amide bonds. The van der Waals surface area contributed by atoms with Crippen molar-refractivity contribution >= 4 is 550 Å². The van der Waals surface area contributed by atoms with Crippen LogP contribution in [0.1, 0.15) is 60.8 Å². The third kappa shape index (κ3) is 85.0. The van der Waals surface area contributed by atoms with E-state index >= 15 is 0 Å². The molecule has 3 atom stereocenters. The van der Waals surface area contributed by atoms with Crippen molar-refractivity contribution in [1.82, 2.24) is 0 Å². The third-order valence-electron chi connectivity index (χ3n) is 12.0. The van der Waals surface area contributed by atoms with Gasteiger partial charge in [0.25, 0.3) is 0 Å². The first kappa shape index (κ1) is 101. The van der Waals surface area contributed by atoms with Gasteiger partial charge in [-0.15, -0.1) is 0 Å². The van der Waals surface area contributed by atoms with Gasteiger partial charge in [0, 0.05) is 0 Å².